The van der Waals surface area contributed by atoms with Crippen LogP contribution in [0.15, 0.2) is 54.7 Å². The molecule has 152 valence electrons. The van der Waals surface area contributed by atoms with Gasteiger partial charge in [-0.2, -0.15) is 5.10 Å². The first-order valence-corrected chi connectivity index (χ1v) is 9.39. The first kappa shape index (κ1) is 19.7. The number of ether oxygens (including phenoxy) is 3. The molecular weight excluding hydrogens is 406 g/mol. The molecule has 8 heteroatoms. The molecule has 7 nitrogen and oxygen atoms in total. The minimum atomic E-state index is -0.543. The fraction of sp³-hybridized carbons (Fsp3) is 0.136. The fourth-order valence-corrected chi connectivity index (χ4v) is 3.43. The van der Waals surface area contributed by atoms with E-state index in [1.807, 2.05) is 18.2 Å². The number of nitrogens with zero attached hydrogens (tertiary/aromatic N) is 3. The first-order valence-electron chi connectivity index (χ1n) is 9.01. The lowest BCUT2D eigenvalue weighted by Gasteiger charge is -2.14. The van der Waals surface area contributed by atoms with E-state index in [9.17, 15) is 4.79 Å². The largest absolute Gasteiger partial charge is 0.497 e. The molecule has 4 aromatic rings. The number of hydrogen-bond acceptors (Lipinski definition) is 6. The highest BCUT2D eigenvalue weighted by molar-refractivity contribution is 6.31. The number of rotatable bonds is 5. The van der Waals surface area contributed by atoms with Crippen LogP contribution in [0.5, 0.6) is 11.5 Å². The molecule has 0 atom stereocenters. The maximum absolute atomic E-state index is 12.2. The Kier molecular flexibility index (Phi) is 5.29. The van der Waals surface area contributed by atoms with Crippen molar-refractivity contribution in [1.29, 1.82) is 0 Å². The number of benzene rings is 2. The monoisotopic (exact) mass is 423 g/mol. The first-order chi connectivity index (χ1) is 14.5. The maximum atomic E-state index is 12.2. The van der Waals surface area contributed by atoms with E-state index in [1.165, 1.54) is 7.11 Å². The van der Waals surface area contributed by atoms with E-state index >= 15 is 0 Å². The van der Waals surface area contributed by atoms with Crippen LogP contribution >= 0.6 is 11.6 Å². The summed E-state index contributed by atoms with van der Waals surface area (Å²) in [5.74, 6) is 0.706. The van der Waals surface area contributed by atoms with Crippen LogP contribution in [0.2, 0.25) is 5.02 Å². The average molecular weight is 424 g/mol. The van der Waals surface area contributed by atoms with Gasteiger partial charge < -0.3 is 14.2 Å². The second-order valence-electron chi connectivity index (χ2n) is 6.38. The Morgan fingerprint density at radius 2 is 1.83 bits per heavy atom. The Balaban J connectivity index is 2.03. The molecule has 2 aromatic carbocycles. The Morgan fingerprint density at radius 3 is 2.57 bits per heavy atom. The van der Waals surface area contributed by atoms with Crippen LogP contribution in [0.1, 0.15) is 10.5 Å². The van der Waals surface area contributed by atoms with Gasteiger partial charge in [0.1, 0.15) is 11.5 Å². The van der Waals surface area contributed by atoms with Crippen LogP contribution in [0.3, 0.4) is 0 Å². The number of aromatic nitrogens is 3. The molecule has 0 unspecified atom stereocenters. The summed E-state index contributed by atoms with van der Waals surface area (Å²) in [6.45, 7) is 0. The minimum Gasteiger partial charge on any atom is -0.497 e. The predicted molar refractivity (Wildman–Crippen MR) is 114 cm³/mol. The molecule has 0 saturated heterocycles. The Morgan fingerprint density at radius 1 is 1.00 bits per heavy atom. The number of pyridine rings is 1. The molecule has 2 heterocycles. The summed E-state index contributed by atoms with van der Waals surface area (Å²) >= 11 is 6.13. The standard InChI is InChI=1S/C22H18ClN3O4/c1-28-14-5-7-21(29-2)16(11-14)20-12-18(22(27)30-3)25-26(20)19-8-9-24-17-10-13(23)4-6-15(17)19/h4-12H,1-3H3. The van der Waals surface area contributed by atoms with Crippen molar-refractivity contribution in [3.05, 3.63) is 65.4 Å². The molecule has 0 aliphatic heterocycles. The summed E-state index contributed by atoms with van der Waals surface area (Å²) < 4.78 is 17.5. The van der Waals surface area contributed by atoms with Gasteiger partial charge in [0.05, 0.1) is 38.2 Å². The van der Waals surface area contributed by atoms with Crippen molar-refractivity contribution in [1.82, 2.24) is 14.8 Å². The zero-order valence-electron chi connectivity index (χ0n) is 16.5. The predicted octanol–water partition coefficient (Wildman–Crippen LogP) is 4.54. The second kappa shape index (κ2) is 8.04. The third-order valence-electron chi connectivity index (χ3n) is 4.70. The van der Waals surface area contributed by atoms with E-state index in [2.05, 4.69) is 10.1 Å². The molecule has 2 aromatic heterocycles. The van der Waals surface area contributed by atoms with Crippen molar-refractivity contribution in [3.8, 4) is 28.4 Å². The summed E-state index contributed by atoms with van der Waals surface area (Å²) in [6, 6.07) is 14.3. The highest BCUT2D eigenvalue weighted by Gasteiger charge is 2.21. The van der Waals surface area contributed by atoms with Gasteiger partial charge in [0.2, 0.25) is 0 Å². The molecule has 4 rings (SSSR count). The molecule has 0 saturated carbocycles. The molecule has 30 heavy (non-hydrogen) atoms. The van der Waals surface area contributed by atoms with Crippen LogP contribution in [-0.4, -0.2) is 42.1 Å². The third kappa shape index (κ3) is 3.44. The highest BCUT2D eigenvalue weighted by atomic mass is 35.5. The van der Waals surface area contributed by atoms with E-state index in [1.54, 1.807) is 55.4 Å². The van der Waals surface area contributed by atoms with Crippen molar-refractivity contribution in [3.63, 3.8) is 0 Å². The number of halogens is 1. The van der Waals surface area contributed by atoms with E-state index in [0.29, 0.717) is 33.3 Å². The highest BCUT2D eigenvalue weighted by Crippen LogP contribution is 2.36. The Bertz CT molecular complexity index is 1250. The Labute approximate surface area is 177 Å². The van der Waals surface area contributed by atoms with Gasteiger partial charge in [-0.1, -0.05) is 11.6 Å². The summed E-state index contributed by atoms with van der Waals surface area (Å²) in [4.78, 5) is 16.6. The van der Waals surface area contributed by atoms with Crippen molar-refractivity contribution >= 4 is 28.5 Å². The molecule has 0 radical (unpaired) electrons. The topological polar surface area (TPSA) is 75.5 Å². The van der Waals surface area contributed by atoms with Crippen molar-refractivity contribution in [2.24, 2.45) is 0 Å². The minimum absolute atomic E-state index is 0.163. The zero-order valence-corrected chi connectivity index (χ0v) is 17.3. The molecule has 0 aliphatic carbocycles. The third-order valence-corrected chi connectivity index (χ3v) is 4.93. The zero-order chi connectivity index (χ0) is 21.3. The molecule has 0 spiro atoms. The molecule has 0 amide bonds. The molecule has 0 fully saturated rings. The SMILES string of the molecule is COC(=O)c1cc(-c2cc(OC)ccc2OC)n(-c2ccnc3cc(Cl)ccc23)n1. The van der Waals surface area contributed by atoms with Crippen molar-refractivity contribution in [2.45, 2.75) is 0 Å². The molecule has 0 N–H and O–H groups in total. The van der Waals surface area contributed by atoms with Crippen LogP contribution in [0, 0.1) is 0 Å². The van der Waals surface area contributed by atoms with Gasteiger partial charge in [0.25, 0.3) is 0 Å². The van der Waals surface area contributed by atoms with Crippen LogP contribution in [0.4, 0.5) is 0 Å². The number of carbonyl (C=O) groups is 1. The summed E-state index contributed by atoms with van der Waals surface area (Å²) in [7, 11) is 4.48. The lowest BCUT2D eigenvalue weighted by Crippen LogP contribution is -2.05. The van der Waals surface area contributed by atoms with Gasteiger partial charge in [-0.25, -0.2) is 9.48 Å². The number of fused-ring (bicyclic) bond motifs is 1. The summed E-state index contributed by atoms with van der Waals surface area (Å²) in [5.41, 5.74) is 2.94. The van der Waals surface area contributed by atoms with Gasteiger partial charge in [0.15, 0.2) is 5.69 Å². The lowest BCUT2D eigenvalue weighted by molar-refractivity contribution is 0.0593. The van der Waals surface area contributed by atoms with Crippen LogP contribution < -0.4 is 9.47 Å². The Hall–Kier alpha value is -3.58. The van der Waals surface area contributed by atoms with E-state index < -0.39 is 5.97 Å². The number of hydrogen-bond donors (Lipinski definition) is 0. The van der Waals surface area contributed by atoms with E-state index in [0.717, 1.165) is 11.1 Å². The fourth-order valence-electron chi connectivity index (χ4n) is 3.27. The molecule has 0 aliphatic rings. The van der Waals surface area contributed by atoms with Crippen molar-refractivity contribution < 1.29 is 19.0 Å². The average Bonchev–Trinajstić information content (AvgIpc) is 3.22. The van der Waals surface area contributed by atoms with E-state index in [4.69, 9.17) is 25.8 Å². The molecular formula is C22H18ClN3O4. The second-order valence-corrected chi connectivity index (χ2v) is 6.81. The van der Waals surface area contributed by atoms with Gasteiger partial charge in [-0.15, -0.1) is 0 Å². The summed E-state index contributed by atoms with van der Waals surface area (Å²) in [6.07, 6.45) is 1.67. The van der Waals surface area contributed by atoms with E-state index in [-0.39, 0.29) is 5.69 Å². The van der Waals surface area contributed by atoms with Crippen LogP contribution in [0.25, 0.3) is 27.8 Å². The number of esters is 1. The van der Waals surface area contributed by atoms with Gasteiger partial charge in [-0.3, -0.25) is 4.98 Å². The summed E-state index contributed by atoms with van der Waals surface area (Å²) in [5, 5.41) is 5.92. The van der Waals surface area contributed by atoms with Crippen molar-refractivity contribution in [2.75, 3.05) is 21.3 Å². The number of carbonyl (C=O) groups excluding carboxylic acids is 1. The van der Waals surface area contributed by atoms with Gasteiger partial charge >= 0.3 is 5.97 Å². The van der Waals surface area contributed by atoms with Crippen LogP contribution in [-0.2, 0) is 4.74 Å². The lowest BCUT2D eigenvalue weighted by atomic mass is 10.1. The van der Waals surface area contributed by atoms with Gasteiger partial charge in [0, 0.05) is 22.2 Å². The molecule has 0 bridgehead atoms. The maximum Gasteiger partial charge on any atom is 0.358 e. The normalized spacial score (nSPS) is 10.8. The van der Waals surface area contributed by atoms with Gasteiger partial charge in [-0.05, 0) is 48.5 Å². The quantitative estimate of drug-likeness (QED) is 0.438. The number of methoxy groups -OCH3 is 3. The smallest absolute Gasteiger partial charge is 0.358 e.